The highest BCUT2D eigenvalue weighted by Crippen LogP contribution is 2.31. The van der Waals surface area contributed by atoms with Crippen LogP contribution >= 0.6 is 0 Å². The van der Waals surface area contributed by atoms with Crippen LogP contribution in [0.1, 0.15) is 77.0 Å². The topological polar surface area (TPSA) is 315 Å². The van der Waals surface area contributed by atoms with Crippen molar-refractivity contribution in [2.24, 2.45) is 53.1 Å². The maximum absolute atomic E-state index is 13.9. The van der Waals surface area contributed by atoms with Gasteiger partial charge in [0.2, 0.25) is 41.4 Å². The van der Waals surface area contributed by atoms with Gasteiger partial charge in [-0.05, 0) is 51.4 Å². The maximum atomic E-state index is 13.9. The molecule has 4 heterocycles. The van der Waals surface area contributed by atoms with Gasteiger partial charge in [0.25, 0.3) is 0 Å². The minimum Gasteiger partial charge on any atom is -0.481 e. The number of carboxylic acid groups (broad SMARTS) is 1. The summed E-state index contributed by atoms with van der Waals surface area (Å²) in [5.41, 5.74) is 6.11. The molecule has 21 nitrogen and oxygen atoms in total. The lowest BCUT2D eigenvalue weighted by atomic mass is 9.95. The molecule has 0 aromatic heterocycles. The molecular formula is C44H70N12O9. The van der Waals surface area contributed by atoms with E-state index in [2.05, 4.69) is 58.5 Å². The van der Waals surface area contributed by atoms with Crippen molar-refractivity contribution in [3.8, 4) is 0 Å². The fourth-order valence-corrected chi connectivity index (χ4v) is 12.1. The molecule has 0 aromatic carbocycles. The molecule has 0 aromatic rings. The minimum atomic E-state index is -0.916. The third-order valence-electron chi connectivity index (χ3n) is 15.9. The van der Waals surface area contributed by atoms with E-state index >= 15 is 0 Å². The Morgan fingerprint density at radius 3 is 0.908 bits per heavy atom. The van der Waals surface area contributed by atoms with E-state index in [0.29, 0.717) is 104 Å². The molecule has 4 aliphatic carbocycles. The van der Waals surface area contributed by atoms with Crippen LogP contribution in [0.15, 0.2) is 0 Å². The number of rotatable bonds is 15. The van der Waals surface area contributed by atoms with Gasteiger partial charge in [-0.25, -0.2) is 0 Å². The molecule has 8 fully saturated rings. The SMILES string of the molecule is NC1CNCC1C(=O)NC1CCCC1C(=O)NC1CNCC1C(=O)NC1CCCC1C(=O)NC1CNCC1C(=O)NC1CCCC1C(=O)NC1CNCC1C(=O)NC1CCCC1C(=O)O. The van der Waals surface area contributed by atoms with Crippen molar-refractivity contribution in [3.63, 3.8) is 0 Å². The summed E-state index contributed by atoms with van der Waals surface area (Å²) in [4.78, 5) is 107. The van der Waals surface area contributed by atoms with Crippen molar-refractivity contribution in [1.82, 2.24) is 58.5 Å². The molecule has 4 saturated heterocycles. The van der Waals surface area contributed by atoms with E-state index in [-0.39, 0.29) is 59.4 Å². The first-order valence-corrected chi connectivity index (χ1v) is 24.3. The molecule has 0 radical (unpaired) electrons. The van der Waals surface area contributed by atoms with Gasteiger partial charge in [-0.1, -0.05) is 25.7 Å². The highest BCUT2D eigenvalue weighted by Gasteiger charge is 2.46. The number of nitrogens with two attached hydrogens (primary N) is 1. The zero-order chi connectivity index (χ0) is 45.8. The van der Waals surface area contributed by atoms with Crippen molar-refractivity contribution in [2.75, 3.05) is 52.4 Å². The Morgan fingerprint density at radius 2 is 0.585 bits per heavy atom. The zero-order valence-electron chi connectivity index (χ0n) is 37.2. The smallest absolute Gasteiger partial charge is 0.308 e. The molecule has 8 rings (SSSR count). The van der Waals surface area contributed by atoms with Crippen LogP contribution in [0.3, 0.4) is 0 Å². The third kappa shape index (κ3) is 10.7. The van der Waals surface area contributed by atoms with Gasteiger partial charge in [-0.15, -0.1) is 0 Å². The van der Waals surface area contributed by atoms with Crippen molar-refractivity contribution in [3.05, 3.63) is 0 Å². The Bertz CT molecular complexity index is 1820. The minimum absolute atomic E-state index is 0.137. The fraction of sp³-hybridized carbons (Fsp3) is 0.818. The lowest BCUT2D eigenvalue weighted by Gasteiger charge is -2.29. The van der Waals surface area contributed by atoms with Crippen LogP contribution in [0.5, 0.6) is 0 Å². The van der Waals surface area contributed by atoms with Crippen molar-refractivity contribution in [1.29, 1.82) is 0 Å². The number of carboxylic acids is 1. The molecule has 0 bridgehead atoms. The number of carbonyl (C=O) groups is 8. The van der Waals surface area contributed by atoms with Gasteiger partial charge in [-0.3, -0.25) is 38.4 Å². The molecule has 360 valence electrons. The van der Waals surface area contributed by atoms with Gasteiger partial charge in [0.1, 0.15) is 0 Å². The largest absolute Gasteiger partial charge is 0.481 e. The summed E-state index contributed by atoms with van der Waals surface area (Å²) in [5, 5.41) is 43.8. The summed E-state index contributed by atoms with van der Waals surface area (Å²) in [6, 6.07) is -3.22. The van der Waals surface area contributed by atoms with Crippen LogP contribution in [0.25, 0.3) is 0 Å². The van der Waals surface area contributed by atoms with Gasteiger partial charge < -0.3 is 69.3 Å². The average Bonchev–Trinajstić information content (AvgIpc) is 4.11. The fourth-order valence-electron chi connectivity index (χ4n) is 12.1. The van der Waals surface area contributed by atoms with Gasteiger partial charge in [0.15, 0.2) is 0 Å². The normalized spacial score (nSPS) is 38.8. The van der Waals surface area contributed by atoms with Gasteiger partial charge >= 0.3 is 5.97 Å². The summed E-state index contributed by atoms with van der Waals surface area (Å²) < 4.78 is 0. The first kappa shape index (κ1) is 47.1. The molecule has 65 heavy (non-hydrogen) atoms. The van der Waals surface area contributed by atoms with Crippen LogP contribution in [0, 0.1) is 47.3 Å². The quantitative estimate of drug-likeness (QED) is 0.0743. The second kappa shape index (κ2) is 21.0. The lowest BCUT2D eigenvalue weighted by Crippen LogP contribution is -2.55. The summed E-state index contributed by atoms with van der Waals surface area (Å²) in [7, 11) is 0. The van der Waals surface area contributed by atoms with Crippen LogP contribution in [0.4, 0.5) is 0 Å². The van der Waals surface area contributed by atoms with Crippen molar-refractivity contribution >= 4 is 47.3 Å². The molecule has 4 aliphatic heterocycles. The summed E-state index contributed by atoms with van der Waals surface area (Å²) in [6.07, 6.45) is 7.89. The Kier molecular flexibility index (Phi) is 15.2. The molecule has 16 atom stereocenters. The first-order valence-electron chi connectivity index (χ1n) is 24.3. The summed E-state index contributed by atoms with van der Waals surface area (Å²) in [6.45, 7) is 3.38. The second-order valence-corrected chi connectivity index (χ2v) is 20.0. The maximum Gasteiger partial charge on any atom is 0.308 e. The monoisotopic (exact) mass is 911 g/mol. The first-order chi connectivity index (χ1) is 31.4. The summed E-state index contributed by atoms with van der Waals surface area (Å²) >= 11 is 0. The highest BCUT2D eigenvalue weighted by atomic mass is 16.4. The number of hydrogen-bond acceptors (Lipinski definition) is 13. The van der Waals surface area contributed by atoms with E-state index in [9.17, 15) is 43.5 Å². The molecule has 7 amide bonds. The van der Waals surface area contributed by atoms with Gasteiger partial charge in [-0.2, -0.15) is 0 Å². The summed E-state index contributed by atoms with van der Waals surface area (Å²) in [5.74, 6) is -6.47. The van der Waals surface area contributed by atoms with Gasteiger partial charge in [0, 0.05) is 82.6 Å². The zero-order valence-corrected chi connectivity index (χ0v) is 37.2. The average molecular weight is 911 g/mol. The highest BCUT2D eigenvalue weighted by molar-refractivity contribution is 5.88. The van der Waals surface area contributed by atoms with Crippen LogP contribution in [0.2, 0.25) is 0 Å². The predicted molar refractivity (Wildman–Crippen MR) is 234 cm³/mol. The van der Waals surface area contributed by atoms with Crippen molar-refractivity contribution in [2.45, 2.75) is 125 Å². The van der Waals surface area contributed by atoms with E-state index in [1.807, 2.05) is 0 Å². The van der Waals surface area contributed by atoms with E-state index < -0.39 is 83.6 Å². The van der Waals surface area contributed by atoms with E-state index in [1.54, 1.807) is 0 Å². The Labute approximate surface area is 379 Å². The van der Waals surface area contributed by atoms with Crippen LogP contribution < -0.4 is 64.2 Å². The number of nitrogens with one attached hydrogen (secondary N) is 11. The Hall–Kier alpha value is -4.44. The molecule has 14 N–H and O–H groups in total. The van der Waals surface area contributed by atoms with Gasteiger partial charge in [0.05, 0.1) is 65.5 Å². The molecule has 0 spiro atoms. The van der Waals surface area contributed by atoms with E-state index in [1.165, 1.54) is 0 Å². The standard InChI is InChI=1S/C44H70N12O9/c45-29-17-46-13-25(29)40(60)50-30-9-1-5-21(30)37(57)54-34-18-47-14-26(34)41(61)51-31-10-2-6-22(31)38(58)55-35-19-48-15-27(35)42(62)52-32-11-3-7-23(32)39(59)56-36-20-49-16-28(36)43(63)53-33-12-4-8-24(33)44(64)65/h21-36,46-49H,1-20,45H2,(H,50,60)(H,51,61)(H,52,62)(H,53,63)(H,54,57)(H,55,58)(H,56,59)(H,64,65). The van der Waals surface area contributed by atoms with E-state index in [4.69, 9.17) is 5.73 Å². The number of amides is 7. The third-order valence-corrected chi connectivity index (χ3v) is 15.9. The molecule has 16 unspecified atom stereocenters. The lowest BCUT2D eigenvalue weighted by molar-refractivity contribution is -0.142. The van der Waals surface area contributed by atoms with Crippen molar-refractivity contribution < 1.29 is 43.5 Å². The Balaban J connectivity index is 0.794. The molecule has 8 aliphatic rings. The van der Waals surface area contributed by atoms with E-state index in [0.717, 1.165) is 25.7 Å². The second-order valence-electron chi connectivity index (χ2n) is 20.0. The number of aliphatic carboxylic acids is 1. The predicted octanol–water partition coefficient (Wildman–Crippen LogP) is -4.13. The molecule has 4 saturated carbocycles. The van der Waals surface area contributed by atoms with Crippen LogP contribution in [-0.2, 0) is 38.4 Å². The van der Waals surface area contributed by atoms with Crippen LogP contribution in [-0.4, -0.2) is 153 Å². The molecule has 21 heteroatoms. The number of hydrogen-bond donors (Lipinski definition) is 13. The number of carbonyl (C=O) groups excluding carboxylic acids is 7. The Morgan fingerprint density at radius 1 is 0.323 bits per heavy atom. The molecular weight excluding hydrogens is 841 g/mol.